The van der Waals surface area contributed by atoms with E-state index in [-0.39, 0.29) is 5.56 Å². The number of carboxylic acid groups (broad SMARTS) is 1. The highest BCUT2D eigenvalue weighted by Gasteiger charge is 2.16. The molecule has 1 aliphatic heterocycles. The van der Waals surface area contributed by atoms with E-state index in [4.69, 9.17) is 0 Å². The first-order chi connectivity index (χ1) is 15.2. The van der Waals surface area contributed by atoms with E-state index in [0.717, 1.165) is 42.1 Å². The third-order valence-electron chi connectivity index (χ3n) is 5.63. The first-order valence-corrected chi connectivity index (χ1v) is 11.1. The fraction of sp³-hybridized carbons (Fsp3) is 0.217. The smallest absolute Gasteiger partial charge is 0.335 e. The number of carbonyl (C=O) groups is 1. The Morgan fingerprint density at radius 1 is 1.10 bits per heavy atom. The summed E-state index contributed by atoms with van der Waals surface area (Å²) in [5.74, 6) is -0.398. The van der Waals surface area contributed by atoms with E-state index in [0.29, 0.717) is 17.3 Å². The van der Waals surface area contributed by atoms with Crippen molar-refractivity contribution in [3.8, 4) is 27.5 Å². The molecular formula is C23H21N5O2S. The van der Waals surface area contributed by atoms with E-state index < -0.39 is 5.97 Å². The number of aromatic nitrogens is 4. The molecule has 0 unspecified atom stereocenters. The summed E-state index contributed by atoms with van der Waals surface area (Å²) < 4.78 is 1.59. The van der Waals surface area contributed by atoms with Crippen LogP contribution in [0.1, 0.15) is 34.7 Å². The van der Waals surface area contributed by atoms with E-state index in [2.05, 4.69) is 44.9 Å². The van der Waals surface area contributed by atoms with Crippen LogP contribution >= 0.6 is 11.3 Å². The molecule has 31 heavy (non-hydrogen) atoms. The van der Waals surface area contributed by atoms with Crippen LogP contribution in [0.15, 0.2) is 60.2 Å². The number of thiazole rings is 1. The van der Waals surface area contributed by atoms with Crippen LogP contribution < -0.4 is 5.32 Å². The Hall–Kier alpha value is -3.36. The van der Waals surface area contributed by atoms with E-state index in [1.807, 2.05) is 11.4 Å². The molecule has 0 spiro atoms. The van der Waals surface area contributed by atoms with Crippen LogP contribution in [0, 0.1) is 0 Å². The summed E-state index contributed by atoms with van der Waals surface area (Å²) in [6.07, 6.45) is 5.77. The Morgan fingerprint density at radius 3 is 2.61 bits per heavy atom. The van der Waals surface area contributed by atoms with Crippen LogP contribution in [0.5, 0.6) is 0 Å². The van der Waals surface area contributed by atoms with Crippen LogP contribution in [0.4, 0.5) is 0 Å². The minimum atomic E-state index is -0.977. The van der Waals surface area contributed by atoms with Gasteiger partial charge in [0.1, 0.15) is 10.7 Å². The molecular weight excluding hydrogens is 410 g/mol. The second kappa shape index (κ2) is 8.41. The summed E-state index contributed by atoms with van der Waals surface area (Å²) in [4.78, 5) is 16.0. The van der Waals surface area contributed by atoms with Crippen molar-refractivity contribution >= 4 is 17.3 Å². The topological polar surface area (TPSA) is 92.9 Å². The van der Waals surface area contributed by atoms with Crippen LogP contribution in [0.3, 0.4) is 0 Å². The minimum Gasteiger partial charge on any atom is -0.478 e. The lowest BCUT2D eigenvalue weighted by atomic mass is 9.89. The molecule has 0 saturated carbocycles. The summed E-state index contributed by atoms with van der Waals surface area (Å²) in [5.41, 5.74) is 4.65. The van der Waals surface area contributed by atoms with Crippen molar-refractivity contribution in [3.63, 3.8) is 0 Å². The Labute approximate surface area is 183 Å². The summed E-state index contributed by atoms with van der Waals surface area (Å²) in [6.45, 7) is 2.11. The maximum atomic E-state index is 11.8. The average molecular weight is 432 g/mol. The number of carboxylic acids is 1. The molecule has 0 atom stereocenters. The fourth-order valence-corrected chi connectivity index (χ4v) is 4.56. The van der Waals surface area contributed by atoms with Crippen LogP contribution in [0.25, 0.3) is 27.5 Å². The maximum Gasteiger partial charge on any atom is 0.335 e. The fourth-order valence-electron chi connectivity index (χ4n) is 3.97. The molecule has 8 heteroatoms. The van der Waals surface area contributed by atoms with E-state index in [1.54, 1.807) is 29.2 Å². The molecule has 2 aromatic carbocycles. The Balaban J connectivity index is 1.49. The van der Waals surface area contributed by atoms with Crippen molar-refractivity contribution in [1.82, 2.24) is 25.3 Å². The summed E-state index contributed by atoms with van der Waals surface area (Å²) in [7, 11) is 0. The molecule has 2 aromatic heterocycles. The third-order valence-corrected chi connectivity index (χ3v) is 6.42. The van der Waals surface area contributed by atoms with Gasteiger partial charge in [0.05, 0.1) is 17.4 Å². The van der Waals surface area contributed by atoms with E-state index >= 15 is 0 Å². The molecule has 156 valence electrons. The molecule has 5 rings (SSSR count). The lowest BCUT2D eigenvalue weighted by Gasteiger charge is -2.23. The Morgan fingerprint density at radius 2 is 1.90 bits per heavy atom. The quantitative estimate of drug-likeness (QED) is 0.491. The zero-order valence-corrected chi connectivity index (χ0v) is 17.5. The van der Waals surface area contributed by atoms with Crippen molar-refractivity contribution in [2.45, 2.75) is 18.8 Å². The Bertz CT molecular complexity index is 1200. The van der Waals surface area contributed by atoms with Crippen LogP contribution in [-0.2, 0) is 0 Å². The zero-order chi connectivity index (χ0) is 21.2. The number of aromatic carboxylic acids is 1. The zero-order valence-electron chi connectivity index (χ0n) is 16.7. The molecule has 7 nitrogen and oxygen atoms in total. The van der Waals surface area contributed by atoms with Gasteiger partial charge in [-0.2, -0.15) is 0 Å². The van der Waals surface area contributed by atoms with Gasteiger partial charge in [-0.15, -0.1) is 16.4 Å². The standard InChI is InChI=1S/C23H21N5O2S/c29-23(30)19-11-18(16-3-1-15(2-4-16)17-5-7-24-8-6-17)12-20(13-19)28-14-21(26-27-28)22-25-9-10-31-22/h1-4,9-14,17,24H,5-8H2,(H,29,30). The van der Waals surface area contributed by atoms with Crippen LogP contribution in [0.2, 0.25) is 0 Å². The molecule has 0 bridgehead atoms. The van der Waals surface area contributed by atoms with Crippen molar-refractivity contribution in [3.05, 3.63) is 71.4 Å². The molecule has 0 aliphatic carbocycles. The van der Waals surface area contributed by atoms with Gasteiger partial charge in [0.2, 0.25) is 0 Å². The molecule has 3 heterocycles. The normalized spacial score (nSPS) is 14.6. The molecule has 0 radical (unpaired) electrons. The van der Waals surface area contributed by atoms with Gasteiger partial charge in [-0.3, -0.25) is 0 Å². The summed E-state index contributed by atoms with van der Waals surface area (Å²) in [5, 5.41) is 24.1. The predicted molar refractivity (Wildman–Crippen MR) is 120 cm³/mol. The maximum absolute atomic E-state index is 11.8. The van der Waals surface area contributed by atoms with Crippen LogP contribution in [-0.4, -0.2) is 44.1 Å². The number of nitrogens with zero attached hydrogens (tertiary/aromatic N) is 4. The second-order valence-electron chi connectivity index (χ2n) is 7.61. The third kappa shape index (κ3) is 4.12. The predicted octanol–water partition coefficient (Wildman–Crippen LogP) is 4.22. The lowest BCUT2D eigenvalue weighted by molar-refractivity contribution is 0.0697. The van der Waals surface area contributed by atoms with E-state index in [1.165, 1.54) is 16.9 Å². The largest absolute Gasteiger partial charge is 0.478 e. The van der Waals surface area contributed by atoms with Gasteiger partial charge in [0.25, 0.3) is 0 Å². The number of piperidine rings is 1. The summed E-state index contributed by atoms with van der Waals surface area (Å²) >= 11 is 1.48. The lowest BCUT2D eigenvalue weighted by Crippen LogP contribution is -2.26. The van der Waals surface area contributed by atoms with Crippen molar-refractivity contribution in [2.75, 3.05) is 13.1 Å². The summed E-state index contributed by atoms with van der Waals surface area (Å²) in [6, 6.07) is 13.7. The van der Waals surface area contributed by atoms with Crippen molar-refractivity contribution < 1.29 is 9.90 Å². The molecule has 2 N–H and O–H groups in total. The van der Waals surface area contributed by atoms with E-state index in [9.17, 15) is 9.90 Å². The minimum absolute atomic E-state index is 0.209. The number of hydrogen-bond acceptors (Lipinski definition) is 6. The highest BCUT2D eigenvalue weighted by Crippen LogP contribution is 2.30. The second-order valence-corrected chi connectivity index (χ2v) is 8.50. The molecule has 1 saturated heterocycles. The highest BCUT2D eigenvalue weighted by molar-refractivity contribution is 7.13. The molecule has 4 aromatic rings. The average Bonchev–Trinajstić information content (AvgIpc) is 3.52. The van der Waals surface area contributed by atoms with Crippen molar-refractivity contribution in [2.24, 2.45) is 0 Å². The van der Waals surface area contributed by atoms with Crippen molar-refractivity contribution in [1.29, 1.82) is 0 Å². The first kappa shape index (κ1) is 19.6. The molecule has 1 aliphatic rings. The van der Waals surface area contributed by atoms with Gasteiger partial charge in [0.15, 0.2) is 0 Å². The molecule has 1 fully saturated rings. The van der Waals surface area contributed by atoms with Gasteiger partial charge >= 0.3 is 5.97 Å². The number of hydrogen-bond donors (Lipinski definition) is 2. The van der Waals surface area contributed by atoms with Gasteiger partial charge in [-0.25, -0.2) is 14.5 Å². The number of rotatable bonds is 5. The molecule has 0 amide bonds. The first-order valence-electron chi connectivity index (χ1n) is 10.2. The SMILES string of the molecule is O=C(O)c1cc(-c2ccc(C3CCNCC3)cc2)cc(-n2cc(-c3nccs3)nn2)c1. The Kier molecular flexibility index (Phi) is 5.31. The monoisotopic (exact) mass is 431 g/mol. The highest BCUT2D eigenvalue weighted by atomic mass is 32.1. The van der Waals surface area contributed by atoms with Gasteiger partial charge in [-0.1, -0.05) is 29.5 Å². The number of nitrogens with one attached hydrogen (secondary N) is 1. The van der Waals surface area contributed by atoms with Gasteiger partial charge in [-0.05, 0) is 66.7 Å². The van der Waals surface area contributed by atoms with Gasteiger partial charge < -0.3 is 10.4 Å². The number of benzene rings is 2. The van der Waals surface area contributed by atoms with Gasteiger partial charge in [0, 0.05) is 11.6 Å².